The van der Waals surface area contributed by atoms with Gasteiger partial charge in [0.1, 0.15) is 22.9 Å². The molecule has 0 unspecified atom stereocenters. The molecule has 1 rings (SSSR count). The summed E-state index contributed by atoms with van der Waals surface area (Å²) in [7, 11) is 4.55. The molecule has 0 aliphatic carbocycles. The smallest absolute Gasteiger partial charge is 0.234 e. The summed E-state index contributed by atoms with van der Waals surface area (Å²) in [6.45, 7) is 0. The molecule has 0 aliphatic heterocycles. The molecule has 0 fully saturated rings. The SMILES string of the molecule is COc1cc(OC)c(NC(=O)CS)c(OC)c1. The molecule has 0 spiro atoms. The van der Waals surface area contributed by atoms with Gasteiger partial charge in [-0.05, 0) is 0 Å². The maximum Gasteiger partial charge on any atom is 0.234 e. The van der Waals surface area contributed by atoms with Gasteiger partial charge in [0, 0.05) is 12.1 Å². The summed E-state index contributed by atoms with van der Waals surface area (Å²) in [4.78, 5) is 11.3. The van der Waals surface area contributed by atoms with Gasteiger partial charge in [-0.1, -0.05) is 0 Å². The Morgan fingerprint density at radius 2 is 1.71 bits per heavy atom. The molecule has 1 amide bonds. The number of rotatable bonds is 5. The zero-order chi connectivity index (χ0) is 12.8. The minimum atomic E-state index is -0.241. The zero-order valence-electron chi connectivity index (χ0n) is 9.94. The maximum absolute atomic E-state index is 11.3. The largest absolute Gasteiger partial charge is 0.496 e. The number of benzene rings is 1. The second-order valence-corrected chi connectivity index (χ2v) is 3.43. The molecule has 1 N–H and O–H groups in total. The van der Waals surface area contributed by atoms with Gasteiger partial charge in [-0.3, -0.25) is 4.79 Å². The lowest BCUT2D eigenvalue weighted by molar-refractivity contribution is -0.113. The first-order chi connectivity index (χ1) is 8.15. The van der Waals surface area contributed by atoms with E-state index in [0.717, 1.165) is 0 Å². The average Bonchev–Trinajstić information content (AvgIpc) is 2.38. The highest BCUT2D eigenvalue weighted by Crippen LogP contribution is 2.38. The predicted octanol–water partition coefficient (Wildman–Crippen LogP) is 1.58. The van der Waals surface area contributed by atoms with Gasteiger partial charge in [-0.15, -0.1) is 0 Å². The molecule has 0 aromatic heterocycles. The van der Waals surface area contributed by atoms with Crippen LogP contribution in [-0.4, -0.2) is 33.0 Å². The Bertz CT molecular complexity index is 383. The van der Waals surface area contributed by atoms with Gasteiger partial charge in [0.25, 0.3) is 0 Å². The second kappa shape index (κ2) is 6.24. The fourth-order valence-corrected chi connectivity index (χ4v) is 1.39. The highest BCUT2D eigenvalue weighted by Gasteiger charge is 2.14. The Balaban J connectivity index is 3.19. The van der Waals surface area contributed by atoms with Gasteiger partial charge in [-0.2, -0.15) is 12.6 Å². The van der Waals surface area contributed by atoms with Crippen molar-refractivity contribution in [3.63, 3.8) is 0 Å². The molecule has 1 aromatic rings. The van der Waals surface area contributed by atoms with Crippen LogP contribution in [0.2, 0.25) is 0 Å². The molecule has 94 valence electrons. The van der Waals surface area contributed by atoms with Crippen molar-refractivity contribution >= 4 is 24.2 Å². The van der Waals surface area contributed by atoms with Gasteiger partial charge in [0.15, 0.2) is 0 Å². The van der Waals surface area contributed by atoms with Crippen LogP contribution in [0.4, 0.5) is 5.69 Å². The van der Waals surface area contributed by atoms with Crippen molar-refractivity contribution in [3.05, 3.63) is 12.1 Å². The summed E-state index contributed by atoms with van der Waals surface area (Å²) in [5, 5.41) is 2.66. The molecule has 0 radical (unpaired) electrons. The van der Waals surface area contributed by atoms with E-state index in [2.05, 4.69) is 17.9 Å². The van der Waals surface area contributed by atoms with Crippen LogP contribution in [0, 0.1) is 0 Å². The summed E-state index contributed by atoms with van der Waals surface area (Å²) >= 11 is 3.89. The molecule has 17 heavy (non-hydrogen) atoms. The first kappa shape index (κ1) is 13.5. The third kappa shape index (κ3) is 3.20. The Labute approximate surface area is 105 Å². The Morgan fingerprint density at radius 1 is 1.18 bits per heavy atom. The summed E-state index contributed by atoms with van der Waals surface area (Å²) in [5.41, 5.74) is 0.467. The molecular weight excluding hydrogens is 242 g/mol. The number of carbonyl (C=O) groups excluding carboxylic acids is 1. The van der Waals surface area contributed by atoms with Gasteiger partial charge in [0.2, 0.25) is 5.91 Å². The van der Waals surface area contributed by atoms with E-state index >= 15 is 0 Å². The Kier molecular flexibility index (Phi) is 4.96. The Hall–Kier alpha value is -1.56. The monoisotopic (exact) mass is 257 g/mol. The molecule has 1 aromatic carbocycles. The van der Waals surface area contributed by atoms with E-state index in [0.29, 0.717) is 22.9 Å². The number of amides is 1. The third-order valence-corrected chi connectivity index (χ3v) is 2.41. The van der Waals surface area contributed by atoms with Crippen LogP contribution in [0.1, 0.15) is 0 Å². The number of methoxy groups -OCH3 is 3. The predicted molar refractivity (Wildman–Crippen MR) is 68.6 cm³/mol. The van der Waals surface area contributed by atoms with E-state index in [1.54, 1.807) is 19.2 Å². The zero-order valence-corrected chi connectivity index (χ0v) is 10.8. The number of ether oxygens (including phenoxy) is 3. The fourth-order valence-electron chi connectivity index (χ4n) is 1.31. The van der Waals surface area contributed by atoms with Crippen LogP contribution in [0.15, 0.2) is 12.1 Å². The number of nitrogens with one attached hydrogen (secondary N) is 1. The van der Waals surface area contributed by atoms with E-state index in [9.17, 15) is 4.79 Å². The molecule has 5 nitrogen and oxygen atoms in total. The van der Waals surface area contributed by atoms with Gasteiger partial charge < -0.3 is 19.5 Å². The number of thiol groups is 1. The maximum atomic E-state index is 11.3. The normalized spacial score (nSPS) is 9.65. The van der Waals surface area contributed by atoms with E-state index < -0.39 is 0 Å². The van der Waals surface area contributed by atoms with Crippen molar-refractivity contribution in [1.82, 2.24) is 0 Å². The lowest BCUT2D eigenvalue weighted by Crippen LogP contribution is -2.14. The van der Waals surface area contributed by atoms with Crippen molar-refractivity contribution in [2.45, 2.75) is 0 Å². The highest BCUT2D eigenvalue weighted by atomic mass is 32.1. The molecule has 0 atom stereocenters. The molecule has 0 bridgehead atoms. The van der Waals surface area contributed by atoms with Crippen molar-refractivity contribution < 1.29 is 19.0 Å². The van der Waals surface area contributed by atoms with E-state index in [4.69, 9.17) is 14.2 Å². The average molecular weight is 257 g/mol. The fraction of sp³-hybridized carbons (Fsp3) is 0.364. The van der Waals surface area contributed by atoms with Crippen molar-refractivity contribution in [2.24, 2.45) is 0 Å². The first-order valence-electron chi connectivity index (χ1n) is 4.87. The molecule has 6 heteroatoms. The minimum absolute atomic E-state index is 0.0817. The van der Waals surface area contributed by atoms with E-state index in [-0.39, 0.29) is 11.7 Å². The quantitative estimate of drug-likeness (QED) is 0.786. The number of carbonyl (C=O) groups is 1. The molecule has 0 saturated heterocycles. The van der Waals surface area contributed by atoms with E-state index in [1.807, 2.05) is 0 Å². The molecule has 0 heterocycles. The summed E-state index contributed by atoms with van der Waals surface area (Å²) < 4.78 is 15.4. The standard InChI is InChI=1S/C11H15NO4S/c1-14-7-4-8(15-2)11(9(5-7)16-3)12-10(13)6-17/h4-5,17H,6H2,1-3H3,(H,12,13). The van der Waals surface area contributed by atoms with Gasteiger partial charge >= 0.3 is 0 Å². The summed E-state index contributed by atoms with van der Waals surface area (Å²) in [6.07, 6.45) is 0. The molecular formula is C11H15NO4S. The van der Waals surface area contributed by atoms with Crippen molar-refractivity contribution in [2.75, 3.05) is 32.4 Å². The van der Waals surface area contributed by atoms with Crippen molar-refractivity contribution in [1.29, 1.82) is 0 Å². The number of anilines is 1. The lowest BCUT2D eigenvalue weighted by Gasteiger charge is -2.15. The van der Waals surface area contributed by atoms with Crippen LogP contribution < -0.4 is 19.5 Å². The van der Waals surface area contributed by atoms with Crippen LogP contribution in [0.3, 0.4) is 0 Å². The highest BCUT2D eigenvalue weighted by molar-refractivity contribution is 7.81. The van der Waals surface area contributed by atoms with Crippen LogP contribution in [0.25, 0.3) is 0 Å². The van der Waals surface area contributed by atoms with Crippen LogP contribution in [-0.2, 0) is 4.79 Å². The van der Waals surface area contributed by atoms with Crippen LogP contribution >= 0.6 is 12.6 Å². The summed E-state index contributed by atoms with van der Waals surface area (Å²) in [5.74, 6) is 1.36. The molecule has 0 saturated carbocycles. The second-order valence-electron chi connectivity index (χ2n) is 3.11. The van der Waals surface area contributed by atoms with E-state index in [1.165, 1.54) is 14.2 Å². The topological polar surface area (TPSA) is 56.8 Å². The number of hydrogen-bond donors (Lipinski definition) is 2. The minimum Gasteiger partial charge on any atom is -0.496 e. The van der Waals surface area contributed by atoms with Crippen LogP contribution in [0.5, 0.6) is 17.2 Å². The lowest BCUT2D eigenvalue weighted by atomic mass is 10.2. The van der Waals surface area contributed by atoms with Gasteiger partial charge in [0.05, 0.1) is 27.1 Å². The van der Waals surface area contributed by atoms with Gasteiger partial charge in [-0.25, -0.2) is 0 Å². The van der Waals surface area contributed by atoms with Crippen molar-refractivity contribution in [3.8, 4) is 17.2 Å². The first-order valence-corrected chi connectivity index (χ1v) is 5.50. The molecule has 0 aliphatic rings. The third-order valence-electron chi connectivity index (χ3n) is 2.12. The Morgan fingerprint density at radius 3 is 2.06 bits per heavy atom. The number of hydrogen-bond acceptors (Lipinski definition) is 5. The summed E-state index contributed by atoms with van der Waals surface area (Å²) in [6, 6.07) is 3.33.